The van der Waals surface area contributed by atoms with Crippen molar-refractivity contribution in [3.63, 3.8) is 0 Å². The Morgan fingerprint density at radius 1 is 1.04 bits per heavy atom. The Labute approximate surface area is 158 Å². The summed E-state index contributed by atoms with van der Waals surface area (Å²) >= 11 is 12.2. The Kier molecular flexibility index (Phi) is 4.36. The number of benzene rings is 2. The van der Waals surface area contributed by atoms with Crippen LogP contribution in [0.25, 0.3) is 22.4 Å². The van der Waals surface area contributed by atoms with Crippen molar-refractivity contribution in [1.29, 1.82) is 0 Å². The lowest BCUT2D eigenvalue weighted by Gasteiger charge is -2.09. The van der Waals surface area contributed by atoms with E-state index in [9.17, 15) is 0 Å². The van der Waals surface area contributed by atoms with Crippen molar-refractivity contribution in [2.24, 2.45) is 0 Å². The molecule has 1 N–H and O–H groups in total. The predicted octanol–water partition coefficient (Wildman–Crippen LogP) is 5.34. The number of aromatic nitrogens is 3. The second kappa shape index (κ2) is 6.82. The topological polar surface area (TPSA) is 73.1 Å². The van der Waals surface area contributed by atoms with Gasteiger partial charge in [0.2, 0.25) is 0 Å². The van der Waals surface area contributed by atoms with Gasteiger partial charge in [-0.25, -0.2) is 4.98 Å². The van der Waals surface area contributed by atoms with Crippen molar-refractivity contribution in [3.05, 3.63) is 58.8 Å². The van der Waals surface area contributed by atoms with Crippen LogP contribution >= 0.6 is 23.2 Å². The highest BCUT2D eigenvalue weighted by Crippen LogP contribution is 2.34. The van der Waals surface area contributed by atoms with Gasteiger partial charge >= 0.3 is 0 Å². The Hall–Kier alpha value is -2.83. The molecule has 4 aromatic rings. The molecule has 0 saturated carbocycles. The van der Waals surface area contributed by atoms with Gasteiger partial charge in [0.15, 0.2) is 0 Å². The minimum atomic E-state index is 0.382. The Morgan fingerprint density at radius 3 is 2.58 bits per heavy atom. The van der Waals surface area contributed by atoms with E-state index in [1.54, 1.807) is 31.4 Å². The van der Waals surface area contributed by atoms with Crippen molar-refractivity contribution in [3.8, 4) is 17.0 Å². The van der Waals surface area contributed by atoms with Crippen LogP contribution in [-0.4, -0.2) is 22.2 Å². The quantitative estimate of drug-likeness (QED) is 0.509. The summed E-state index contributed by atoms with van der Waals surface area (Å²) in [5.41, 5.74) is 2.60. The van der Waals surface area contributed by atoms with E-state index < -0.39 is 0 Å². The number of anilines is 2. The van der Waals surface area contributed by atoms with Crippen LogP contribution in [0.15, 0.2) is 53.3 Å². The predicted molar refractivity (Wildman–Crippen MR) is 101 cm³/mol. The molecule has 26 heavy (non-hydrogen) atoms. The third kappa shape index (κ3) is 3.05. The molecule has 4 rings (SSSR count). The van der Waals surface area contributed by atoms with Crippen molar-refractivity contribution in [2.45, 2.75) is 0 Å². The van der Waals surface area contributed by atoms with Crippen LogP contribution in [0, 0.1) is 0 Å². The van der Waals surface area contributed by atoms with E-state index in [1.807, 2.05) is 18.2 Å². The molecule has 0 aliphatic heterocycles. The zero-order valence-corrected chi connectivity index (χ0v) is 15.0. The van der Waals surface area contributed by atoms with Gasteiger partial charge in [-0.1, -0.05) is 40.5 Å². The lowest BCUT2D eigenvalue weighted by molar-refractivity contribution is 0.415. The van der Waals surface area contributed by atoms with Gasteiger partial charge < -0.3 is 14.6 Å². The van der Waals surface area contributed by atoms with Gasteiger partial charge in [-0.05, 0) is 30.3 Å². The Bertz CT molecular complexity index is 1080. The summed E-state index contributed by atoms with van der Waals surface area (Å²) in [5.74, 6) is 1.15. The molecule has 2 aromatic heterocycles. The minimum Gasteiger partial charge on any atom is -0.495 e. The van der Waals surface area contributed by atoms with E-state index >= 15 is 0 Å². The average molecular weight is 387 g/mol. The van der Waals surface area contributed by atoms with Gasteiger partial charge in [0.25, 0.3) is 5.71 Å². The summed E-state index contributed by atoms with van der Waals surface area (Å²) in [6, 6.07) is 12.7. The minimum absolute atomic E-state index is 0.382. The number of methoxy groups -OCH3 is 1. The van der Waals surface area contributed by atoms with Crippen molar-refractivity contribution < 1.29 is 9.26 Å². The Balaban J connectivity index is 1.79. The molecule has 0 aliphatic carbocycles. The fraction of sp³-hybridized carbons (Fsp3) is 0.0556. The van der Waals surface area contributed by atoms with Gasteiger partial charge in [0.1, 0.15) is 29.0 Å². The summed E-state index contributed by atoms with van der Waals surface area (Å²) in [5, 5.41) is 9.17. The van der Waals surface area contributed by atoms with Crippen LogP contribution in [-0.2, 0) is 0 Å². The molecule has 0 fully saturated rings. The molecular weight excluding hydrogens is 375 g/mol. The van der Waals surface area contributed by atoms with Crippen LogP contribution in [0.2, 0.25) is 10.0 Å². The van der Waals surface area contributed by atoms with Crippen molar-refractivity contribution in [2.75, 3.05) is 12.4 Å². The van der Waals surface area contributed by atoms with Gasteiger partial charge in [-0.3, -0.25) is 0 Å². The van der Waals surface area contributed by atoms with E-state index in [0.29, 0.717) is 38.4 Å². The number of nitrogens with one attached hydrogen (secondary N) is 1. The van der Waals surface area contributed by atoms with Gasteiger partial charge in [0, 0.05) is 16.3 Å². The SMILES string of the molecule is COc1ccc(Nc2ncnc3onc(-c4ccc(Cl)cc4)c23)cc1Cl. The number of hydrogen-bond donors (Lipinski definition) is 1. The first-order valence-corrected chi connectivity index (χ1v) is 8.38. The van der Waals surface area contributed by atoms with Crippen LogP contribution in [0.1, 0.15) is 0 Å². The summed E-state index contributed by atoms with van der Waals surface area (Å²) in [6.07, 6.45) is 1.41. The second-order valence-electron chi connectivity index (χ2n) is 5.41. The molecule has 0 spiro atoms. The lowest BCUT2D eigenvalue weighted by Crippen LogP contribution is -1.96. The maximum absolute atomic E-state index is 6.19. The molecule has 0 aliphatic rings. The van der Waals surface area contributed by atoms with E-state index in [0.717, 1.165) is 11.3 Å². The fourth-order valence-corrected chi connectivity index (χ4v) is 2.95. The molecule has 2 aromatic carbocycles. The third-order valence-electron chi connectivity index (χ3n) is 3.80. The molecule has 0 bridgehead atoms. The van der Waals surface area contributed by atoms with Crippen LogP contribution in [0.5, 0.6) is 5.75 Å². The normalized spacial score (nSPS) is 10.9. The number of ether oxygens (including phenoxy) is 1. The van der Waals surface area contributed by atoms with E-state index in [1.165, 1.54) is 6.33 Å². The summed E-state index contributed by atoms with van der Waals surface area (Å²) in [7, 11) is 1.57. The summed E-state index contributed by atoms with van der Waals surface area (Å²) in [6.45, 7) is 0. The molecule has 2 heterocycles. The molecule has 0 amide bonds. The van der Waals surface area contributed by atoms with E-state index in [4.69, 9.17) is 32.5 Å². The number of halogens is 2. The highest BCUT2D eigenvalue weighted by atomic mass is 35.5. The molecule has 8 heteroatoms. The number of nitrogens with zero attached hydrogens (tertiary/aromatic N) is 3. The largest absolute Gasteiger partial charge is 0.495 e. The van der Waals surface area contributed by atoms with Gasteiger partial charge in [-0.2, -0.15) is 4.98 Å². The monoisotopic (exact) mass is 386 g/mol. The molecule has 0 unspecified atom stereocenters. The zero-order valence-electron chi connectivity index (χ0n) is 13.5. The summed E-state index contributed by atoms with van der Waals surface area (Å²) < 4.78 is 10.5. The molecule has 0 atom stereocenters. The first-order valence-electron chi connectivity index (χ1n) is 7.62. The van der Waals surface area contributed by atoms with Gasteiger partial charge in [0.05, 0.1) is 12.1 Å². The second-order valence-corrected chi connectivity index (χ2v) is 6.26. The highest BCUT2D eigenvalue weighted by Gasteiger charge is 2.17. The smallest absolute Gasteiger partial charge is 0.263 e. The molecule has 6 nitrogen and oxygen atoms in total. The van der Waals surface area contributed by atoms with E-state index in [2.05, 4.69) is 20.4 Å². The lowest BCUT2D eigenvalue weighted by atomic mass is 10.1. The van der Waals surface area contributed by atoms with Crippen LogP contribution in [0.3, 0.4) is 0 Å². The number of rotatable bonds is 4. The van der Waals surface area contributed by atoms with Crippen molar-refractivity contribution in [1.82, 2.24) is 15.1 Å². The molecular formula is C18H12Cl2N4O2. The maximum Gasteiger partial charge on any atom is 0.263 e. The van der Waals surface area contributed by atoms with Gasteiger partial charge in [-0.15, -0.1) is 0 Å². The number of hydrogen-bond acceptors (Lipinski definition) is 6. The maximum atomic E-state index is 6.19. The standard InChI is InChI=1S/C18H12Cl2N4O2/c1-25-14-7-6-12(8-13(14)20)23-17-15-16(10-2-4-11(19)5-3-10)24-26-18(15)22-9-21-17/h2-9H,1H3,(H,21,22,23). The molecule has 130 valence electrons. The highest BCUT2D eigenvalue weighted by molar-refractivity contribution is 6.32. The van der Waals surface area contributed by atoms with Crippen LogP contribution < -0.4 is 10.1 Å². The zero-order chi connectivity index (χ0) is 18.1. The summed E-state index contributed by atoms with van der Waals surface area (Å²) in [4.78, 5) is 8.47. The Morgan fingerprint density at radius 2 is 1.85 bits per heavy atom. The first-order chi connectivity index (χ1) is 12.7. The van der Waals surface area contributed by atoms with Crippen molar-refractivity contribution >= 4 is 45.8 Å². The third-order valence-corrected chi connectivity index (χ3v) is 4.35. The first kappa shape index (κ1) is 16.6. The average Bonchev–Trinajstić information content (AvgIpc) is 3.08. The molecule has 0 radical (unpaired) electrons. The molecule has 0 saturated heterocycles. The number of fused-ring (bicyclic) bond motifs is 1. The van der Waals surface area contributed by atoms with Crippen LogP contribution in [0.4, 0.5) is 11.5 Å². The van der Waals surface area contributed by atoms with E-state index in [-0.39, 0.29) is 0 Å². The fourth-order valence-electron chi connectivity index (χ4n) is 2.57.